The highest BCUT2D eigenvalue weighted by Gasteiger charge is 2.48. The molecule has 2 atom stereocenters. The summed E-state index contributed by atoms with van der Waals surface area (Å²) in [7, 11) is 0. The minimum Gasteiger partial charge on any atom is -0.464 e. The molecule has 1 N–H and O–H groups in total. The van der Waals surface area contributed by atoms with Gasteiger partial charge in [-0.2, -0.15) is 0 Å². The van der Waals surface area contributed by atoms with E-state index >= 15 is 0 Å². The van der Waals surface area contributed by atoms with Crippen LogP contribution >= 0.6 is 0 Å². The molecule has 1 aromatic carbocycles. The Kier molecular flexibility index (Phi) is 6.43. The molecule has 0 aromatic heterocycles. The largest absolute Gasteiger partial charge is 0.464 e. The summed E-state index contributed by atoms with van der Waals surface area (Å²) in [6, 6.07) is 8.40. The summed E-state index contributed by atoms with van der Waals surface area (Å²) in [5.41, 5.74) is -1.75. The van der Waals surface area contributed by atoms with Crippen molar-refractivity contribution >= 4 is 17.5 Å². The number of Topliss-reactive ketones (excluding diaryl/α,β-unsaturated/α-hetero) is 2. The number of carbonyl (C=O) groups excluding carboxylic acids is 3. The van der Waals surface area contributed by atoms with E-state index in [0.717, 1.165) is 0 Å². The van der Waals surface area contributed by atoms with Crippen molar-refractivity contribution in [2.45, 2.75) is 39.2 Å². The first-order valence-electron chi connectivity index (χ1n) is 7.35. The lowest BCUT2D eigenvalue weighted by atomic mass is 9.77. The first-order chi connectivity index (χ1) is 10.4. The lowest BCUT2D eigenvalue weighted by Crippen LogP contribution is -2.51. The molecule has 0 aliphatic rings. The molecule has 22 heavy (non-hydrogen) atoms. The van der Waals surface area contributed by atoms with Gasteiger partial charge >= 0.3 is 5.97 Å². The van der Waals surface area contributed by atoms with Crippen LogP contribution in [0.2, 0.25) is 0 Å². The molecular formula is C17H22O5. The Morgan fingerprint density at radius 2 is 1.77 bits per heavy atom. The first-order valence-corrected chi connectivity index (χ1v) is 7.35. The molecule has 0 spiro atoms. The van der Waals surface area contributed by atoms with Crippen LogP contribution in [-0.2, 0) is 14.3 Å². The molecule has 120 valence electrons. The number of hydrogen-bond donors (Lipinski definition) is 1. The molecule has 5 nitrogen and oxygen atoms in total. The minimum absolute atomic E-state index is 0.0645. The molecule has 0 radical (unpaired) electrons. The number of ketones is 2. The lowest BCUT2D eigenvalue weighted by Gasteiger charge is -2.31. The average Bonchev–Trinajstić information content (AvgIpc) is 2.48. The smallest absolute Gasteiger partial charge is 0.339 e. The molecule has 5 heteroatoms. The molecule has 0 bridgehead atoms. The highest BCUT2D eigenvalue weighted by molar-refractivity contribution is 6.03. The summed E-state index contributed by atoms with van der Waals surface area (Å²) in [6.07, 6.45) is -0.223. The second-order valence-electron chi connectivity index (χ2n) is 5.21. The fraction of sp³-hybridized carbons (Fsp3) is 0.471. The van der Waals surface area contributed by atoms with Gasteiger partial charge in [0.2, 0.25) is 0 Å². The SMILES string of the molecule is CCOC(=O)[C@@](O)(CC(C)=O)[C@H](CC)C(=O)c1ccccc1. The van der Waals surface area contributed by atoms with Crippen molar-refractivity contribution in [3.05, 3.63) is 35.9 Å². The fourth-order valence-electron chi connectivity index (χ4n) is 2.52. The summed E-state index contributed by atoms with van der Waals surface area (Å²) in [4.78, 5) is 36.3. The van der Waals surface area contributed by atoms with Crippen molar-refractivity contribution in [2.75, 3.05) is 6.61 Å². The van der Waals surface area contributed by atoms with E-state index in [-0.39, 0.29) is 24.6 Å². The van der Waals surface area contributed by atoms with E-state index in [4.69, 9.17) is 4.74 Å². The van der Waals surface area contributed by atoms with E-state index < -0.39 is 23.9 Å². The Balaban J connectivity index is 3.21. The van der Waals surface area contributed by atoms with Gasteiger partial charge in [0.1, 0.15) is 5.78 Å². The second kappa shape index (κ2) is 7.84. The van der Waals surface area contributed by atoms with E-state index in [9.17, 15) is 19.5 Å². The van der Waals surface area contributed by atoms with Gasteiger partial charge in [-0.15, -0.1) is 0 Å². The predicted molar refractivity (Wildman–Crippen MR) is 81.4 cm³/mol. The van der Waals surface area contributed by atoms with Crippen LogP contribution in [-0.4, -0.2) is 34.9 Å². The van der Waals surface area contributed by atoms with Crippen molar-refractivity contribution in [2.24, 2.45) is 5.92 Å². The molecule has 0 saturated heterocycles. The van der Waals surface area contributed by atoms with Crippen LogP contribution in [0.15, 0.2) is 30.3 Å². The summed E-state index contributed by atoms with van der Waals surface area (Å²) >= 11 is 0. The zero-order valence-electron chi connectivity index (χ0n) is 13.2. The molecule has 0 aliphatic carbocycles. The summed E-state index contributed by atoms with van der Waals surface area (Å²) in [5, 5.41) is 10.8. The normalized spacial score (nSPS) is 14.7. The number of benzene rings is 1. The van der Waals surface area contributed by atoms with Crippen LogP contribution in [0.25, 0.3) is 0 Å². The Morgan fingerprint density at radius 3 is 2.23 bits per heavy atom. The standard InChI is InChI=1S/C17H22O5/c1-4-14(15(19)13-9-7-6-8-10-13)17(21,11-12(3)18)16(20)22-5-2/h6-10,14,21H,4-5,11H2,1-3H3/t14-,17-/m1/s1. The van der Waals surface area contributed by atoms with Crippen LogP contribution in [0.3, 0.4) is 0 Å². The van der Waals surface area contributed by atoms with Gasteiger partial charge in [0.15, 0.2) is 11.4 Å². The maximum absolute atomic E-state index is 12.6. The summed E-state index contributed by atoms with van der Waals surface area (Å²) < 4.78 is 4.88. The molecule has 0 saturated carbocycles. The van der Waals surface area contributed by atoms with E-state index in [1.807, 2.05) is 0 Å². The zero-order chi connectivity index (χ0) is 16.8. The number of esters is 1. The predicted octanol–water partition coefficient (Wildman–Crippen LogP) is 2.17. The molecule has 1 rings (SSSR count). The molecule has 0 aliphatic heterocycles. The quantitative estimate of drug-likeness (QED) is 0.588. The van der Waals surface area contributed by atoms with Crippen LogP contribution in [0, 0.1) is 5.92 Å². The van der Waals surface area contributed by atoms with Gasteiger partial charge in [0.05, 0.1) is 12.5 Å². The Morgan fingerprint density at radius 1 is 1.18 bits per heavy atom. The maximum Gasteiger partial charge on any atom is 0.339 e. The number of carbonyl (C=O) groups is 3. The van der Waals surface area contributed by atoms with Crippen molar-refractivity contribution in [1.82, 2.24) is 0 Å². The Hall–Kier alpha value is -2.01. The Labute approximate surface area is 130 Å². The number of ether oxygens (including phenoxy) is 1. The highest BCUT2D eigenvalue weighted by atomic mass is 16.5. The van der Waals surface area contributed by atoms with Crippen LogP contribution in [0.4, 0.5) is 0 Å². The highest BCUT2D eigenvalue weighted by Crippen LogP contribution is 2.30. The van der Waals surface area contributed by atoms with Crippen molar-refractivity contribution in [3.63, 3.8) is 0 Å². The van der Waals surface area contributed by atoms with Gasteiger partial charge in [-0.25, -0.2) is 4.79 Å². The molecule has 0 amide bonds. The topological polar surface area (TPSA) is 80.7 Å². The summed E-state index contributed by atoms with van der Waals surface area (Å²) in [6.45, 7) is 4.63. The second-order valence-corrected chi connectivity index (χ2v) is 5.21. The number of rotatable bonds is 8. The Bertz CT molecular complexity index is 537. The van der Waals surface area contributed by atoms with E-state index in [2.05, 4.69) is 0 Å². The third-order valence-electron chi connectivity index (χ3n) is 3.51. The van der Waals surface area contributed by atoms with Crippen LogP contribution < -0.4 is 0 Å². The van der Waals surface area contributed by atoms with E-state index in [1.54, 1.807) is 44.2 Å². The lowest BCUT2D eigenvalue weighted by molar-refractivity contribution is -0.172. The van der Waals surface area contributed by atoms with Gasteiger partial charge in [-0.1, -0.05) is 37.3 Å². The first kappa shape index (κ1) is 18.0. The van der Waals surface area contributed by atoms with Crippen molar-refractivity contribution < 1.29 is 24.2 Å². The van der Waals surface area contributed by atoms with Crippen LogP contribution in [0.5, 0.6) is 0 Å². The molecule has 0 unspecified atom stereocenters. The fourth-order valence-corrected chi connectivity index (χ4v) is 2.52. The van der Waals surface area contributed by atoms with Crippen LogP contribution in [0.1, 0.15) is 44.0 Å². The number of aliphatic hydroxyl groups is 1. The van der Waals surface area contributed by atoms with Crippen molar-refractivity contribution in [3.8, 4) is 0 Å². The van der Waals surface area contributed by atoms with Gasteiger partial charge in [-0.05, 0) is 20.3 Å². The zero-order valence-corrected chi connectivity index (χ0v) is 13.2. The van der Waals surface area contributed by atoms with Gasteiger partial charge < -0.3 is 9.84 Å². The third kappa shape index (κ3) is 4.01. The molecule has 0 heterocycles. The average molecular weight is 306 g/mol. The monoisotopic (exact) mass is 306 g/mol. The maximum atomic E-state index is 12.6. The molecular weight excluding hydrogens is 284 g/mol. The van der Waals surface area contributed by atoms with Crippen molar-refractivity contribution in [1.29, 1.82) is 0 Å². The van der Waals surface area contributed by atoms with E-state index in [1.165, 1.54) is 6.92 Å². The van der Waals surface area contributed by atoms with Gasteiger partial charge in [0, 0.05) is 12.0 Å². The molecule has 1 aromatic rings. The number of hydrogen-bond acceptors (Lipinski definition) is 5. The third-order valence-corrected chi connectivity index (χ3v) is 3.51. The van der Waals surface area contributed by atoms with Gasteiger partial charge in [0.25, 0.3) is 0 Å². The molecule has 0 fully saturated rings. The van der Waals surface area contributed by atoms with E-state index in [0.29, 0.717) is 5.56 Å². The summed E-state index contributed by atoms with van der Waals surface area (Å²) in [5.74, 6) is -2.71. The van der Waals surface area contributed by atoms with Gasteiger partial charge in [-0.3, -0.25) is 9.59 Å². The minimum atomic E-state index is -2.14.